The van der Waals surface area contributed by atoms with Crippen LogP contribution in [-0.4, -0.2) is 68.3 Å². The van der Waals surface area contributed by atoms with Gasteiger partial charge in [0, 0.05) is 43.3 Å². The molecule has 3 heterocycles. The Morgan fingerprint density at radius 1 is 1.36 bits per heavy atom. The van der Waals surface area contributed by atoms with E-state index in [2.05, 4.69) is 36.6 Å². The first-order chi connectivity index (χ1) is 15.3. The minimum atomic E-state index is -3.80. The van der Waals surface area contributed by atoms with Crippen molar-refractivity contribution in [1.29, 1.82) is 0 Å². The van der Waals surface area contributed by atoms with Crippen molar-refractivity contribution in [3.8, 4) is 11.5 Å². The fourth-order valence-electron chi connectivity index (χ4n) is 3.57. The quantitative estimate of drug-likeness (QED) is 0.353. The molecule has 9 nitrogen and oxygen atoms in total. The molecule has 0 bridgehead atoms. The Labute approximate surface area is 196 Å². The van der Waals surface area contributed by atoms with Gasteiger partial charge >= 0.3 is 6.03 Å². The van der Waals surface area contributed by atoms with E-state index in [1.165, 1.54) is 16.4 Å². The van der Waals surface area contributed by atoms with E-state index in [0.29, 0.717) is 19.6 Å². The average Bonchev–Trinajstić information content (AvgIpc) is 3.26. The van der Waals surface area contributed by atoms with Crippen molar-refractivity contribution < 1.29 is 27.6 Å². The number of carbonyl (C=O) groups is 2. The summed E-state index contributed by atoms with van der Waals surface area (Å²) in [6, 6.07) is 1.63. The minimum absolute atomic E-state index is 0.0641. The lowest BCUT2D eigenvalue weighted by Gasteiger charge is -2.29. The van der Waals surface area contributed by atoms with Crippen LogP contribution < -0.4 is 5.48 Å². The highest BCUT2D eigenvalue weighted by Crippen LogP contribution is 2.26. The second-order valence-electron chi connectivity index (χ2n) is 9.89. The number of rotatable bonds is 7. The third kappa shape index (κ3) is 6.06. The van der Waals surface area contributed by atoms with E-state index in [1.807, 2.05) is 6.07 Å². The first-order valence-electron chi connectivity index (χ1n) is 11.1. The molecule has 33 heavy (non-hydrogen) atoms. The van der Waals surface area contributed by atoms with Crippen LogP contribution in [-0.2, 0) is 30.8 Å². The molecule has 11 heteroatoms. The van der Waals surface area contributed by atoms with Crippen molar-refractivity contribution >= 4 is 29.8 Å². The summed E-state index contributed by atoms with van der Waals surface area (Å²) in [6.07, 6.45) is 4.54. The highest BCUT2D eigenvalue weighted by atomic mass is 32.2. The molecule has 1 fully saturated rings. The number of aromatic nitrogens is 1. The molecule has 2 aliphatic heterocycles. The van der Waals surface area contributed by atoms with E-state index in [9.17, 15) is 18.0 Å². The lowest BCUT2D eigenvalue weighted by Crippen LogP contribution is -2.52. The predicted molar refractivity (Wildman–Crippen MR) is 127 cm³/mol. The number of amides is 2. The molecule has 0 unspecified atom stereocenters. The van der Waals surface area contributed by atoms with Crippen molar-refractivity contribution in [3.63, 3.8) is 0 Å². The summed E-state index contributed by atoms with van der Waals surface area (Å²) >= 11 is 0. The summed E-state index contributed by atoms with van der Waals surface area (Å²) in [5.74, 6) is 2.38. The first-order valence-corrected chi connectivity index (χ1v) is 16.5. The molecule has 182 valence electrons. The maximum atomic E-state index is 12.8. The standard InChI is InChI=1S/C22H33N3O6SSi/c1-22(32(2,28)29,20(26)23-31-19-8-6-7-12-30-19)10-11-24-16-18-14-17(9-13-33(3,4)5)15-25(18)21(24)27/h14-15,19H,6-8,10-12,16H2,1-5H3,(H,23,26)/t19-,22+/m0/s1. The van der Waals surface area contributed by atoms with Crippen LogP contribution in [0.3, 0.4) is 0 Å². The molecule has 0 spiro atoms. The maximum absolute atomic E-state index is 12.8. The second kappa shape index (κ2) is 9.62. The average molecular weight is 496 g/mol. The lowest BCUT2D eigenvalue weighted by molar-refractivity contribution is -0.201. The van der Waals surface area contributed by atoms with Crippen LogP contribution in [0.2, 0.25) is 19.6 Å². The molecule has 0 radical (unpaired) electrons. The van der Waals surface area contributed by atoms with Crippen LogP contribution in [0.4, 0.5) is 4.79 Å². The normalized spacial score (nSPS) is 20.6. The highest BCUT2D eigenvalue weighted by Gasteiger charge is 2.45. The molecule has 1 aromatic heterocycles. The number of carbonyl (C=O) groups excluding carboxylic acids is 2. The Kier molecular flexibility index (Phi) is 7.43. The molecular formula is C22H33N3O6SSi. The van der Waals surface area contributed by atoms with Gasteiger partial charge in [0.2, 0.25) is 0 Å². The molecule has 1 N–H and O–H groups in total. The fraction of sp³-hybridized carbons (Fsp3) is 0.636. The molecule has 1 saturated heterocycles. The minimum Gasteiger partial charge on any atom is -0.350 e. The Morgan fingerprint density at radius 2 is 2.09 bits per heavy atom. The fourth-order valence-corrected chi connectivity index (χ4v) is 4.93. The number of fused-ring (bicyclic) bond motifs is 1. The number of hydroxylamine groups is 1. The number of sulfone groups is 1. The van der Waals surface area contributed by atoms with Crippen molar-refractivity contribution in [2.24, 2.45) is 0 Å². The molecule has 0 saturated carbocycles. The Hall–Kier alpha value is -2.13. The van der Waals surface area contributed by atoms with Gasteiger partial charge in [0.25, 0.3) is 5.91 Å². The number of hydrogen-bond donors (Lipinski definition) is 1. The largest absolute Gasteiger partial charge is 0.350 e. The van der Waals surface area contributed by atoms with Gasteiger partial charge < -0.3 is 9.64 Å². The zero-order valence-electron chi connectivity index (χ0n) is 19.9. The lowest BCUT2D eigenvalue weighted by atomic mass is 10.1. The molecule has 2 atom stereocenters. The Balaban J connectivity index is 1.64. The number of nitrogens with one attached hydrogen (secondary N) is 1. The van der Waals surface area contributed by atoms with Crippen LogP contribution in [0, 0.1) is 11.5 Å². The van der Waals surface area contributed by atoms with Crippen molar-refractivity contribution in [2.45, 2.75) is 69.8 Å². The van der Waals surface area contributed by atoms with Gasteiger partial charge in [-0.1, -0.05) is 25.6 Å². The van der Waals surface area contributed by atoms with Crippen LogP contribution in [0.5, 0.6) is 0 Å². The van der Waals surface area contributed by atoms with Crippen molar-refractivity contribution in [2.75, 3.05) is 19.4 Å². The van der Waals surface area contributed by atoms with E-state index in [4.69, 9.17) is 9.57 Å². The van der Waals surface area contributed by atoms with E-state index >= 15 is 0 Å². The zero-order chi connectivity index (χ0) is 24.4. The van der Waals surface area contributed by atoms with Crippen molar-refractivity contribution in [1.82, 2.24) is 14.9 Å². The SMILES string of the molecule is C[C@@](CCN1Cc2cc(C#C[Si](C)(C)C)cn2C1=O)(C(=O)NO[C@H]1CCCCO1)S(C)(=O)=O. The molecule has 2 amide bonds. The van der Waals surface area contributed by atoms with Gasteiger partial charge in [0.05, 0.1) is 6.54 Å². The topological polar surface area (TPSA) is 107 Å². The summed E-state index contributed by atoms with van der Waals surface area (Å²) in [6.45, 7) is 8.78. The summed E-state index contributed by atoms with van der Waals surface area (Å²) in [4.78, 5) is 32.5. The highest BCUT2D eigenvalue weighted by molar-refractivity contribution is 7.92. The first kappa shape index (κ1) is 25.5. The molecular weight excluding hydrogens is 462 g/mol. The number of nitrogens with zero attached hydrogens (tertiary/aromatic N) is 2. The van der Waals surface area contributed by atoms with Crippen LogP contribution >= 0.6 is 0 Å². The van der Waals surface area contributed by atoms with Gasteiger partial charge in [-0.25, -0.2) is 23.5 Å². The Bertz CT molecular complexity index is 1080. The van der Waals surface area contributed by atoms with Crippen LogP contribution in [0.25, 0.3) is 0 Å². The summed E-state index contributed by atoms with van der Waals surface area (Å²) in [7, 11) is -5.33. The third-order valence-electron chi connectivity index (χ3n) is 5.89. The molecule has 1 aromatic rings. The number of ether oxygens (including phenoxy) is 1. The van der Waals surface area contributed by atoms with Gasteiger partial charge in [0.15, 0.2) is 20.9 Å². The third-order valence-corrected chi connectivity index (χ3v) is 8.79. The van der Waals surface area contributed by atoms with E-state index in [1.54, 1.807) is 6.20 Å². The maximum Gasteiger partial charge on any atom is 0.328 e. The molecule has 2 aliphatic rings. The zero-order valence-corrected chi connectivity index (χ0v) is 21.8. The Morgan fingerprint density at radius 3 is 2.67 bits per heavy atom. The summed E-state index contributed by atoms with van der Waals surface area (Å²) in [5, 5.41) is 0. The van der Waals surface area contributed by atoms with E-state index in [-0.39, 0.29) is 19.0 Å². The van der Waals surface area contributed by atoms with Gasteiger partial charge in [-0.15, -0.1) is 5.54 Å². The number of hydrogen-bond acceptors (Lipinski definition) is 6. The van der Waals surface area contributed by atoms with Crippen LogP contribution in [0.1, 0.15) is 43.9 Å². The molecule has 3 rings (SSSR count). The van der Waals surface area contributed by atoms with E-state index < -0.39 is 34.9 Å². The monoisotopic (exact) mass is 495 g/mol. The van der Waals surface area contributed by atoms with Gasteiger partial charge in [-0.3, -0.25) is 9.36 Å². The predicted octanol–water partition coefficient (Wildman–Crippen LogP) is 2.27. The van der Waals surface area contributed by atoms with Crippen LogP contribution in [0.15, 0.2) is 12.3 Å². The van der Waals surface area contributed by atoms with E-state index in [0.717, 1.165) is 30.4 Å². The second-order valence-corrected chi connectivity index (χ2v) is 17.1. The summed E-state index contributed by atoms with van der Waals surface area (Å²) in [5.41, 5.74) is 7.14. The smallest absolute Gasteiger partial charge is 0.328 e. The molecule has 0 aliphatic carbocycles. The van der Waals surface area contributed by atoms with Gasteiger partial charge in [0.1, 0.15) is 8.07 Å². The van der Waals surface area contributed by atoms with Crippen molar-refractivity contribution in [3.05, 3.63) is 23.5 Å². The van der Waals surface area contributed by atoms with Gasteiger partial charge in [-0.05, 0) is 32.3 Å². The summed E-state index contributed by atoms with van der Waals surface area (Å²) < 4.78 is 30.2. The van der Waals surface area contributed by atoms with Gasteiger partial charge in [-0.2, -0.15) is 0 Å². The molecule has 0 aromatic carbocycles.